The van der Waals surface area contributed by atoms with Crippen LogP contribution in [0.3, 0.4) is 0 Å². The third-order valence-electron chi connectivity index (χ3n) is 2.18. The Balaban J connectivity index is 2.45. The van der Waals surface area contributed by atoms with Crippen LogP contribution in [0.5, 0.6) is 0 Å². The van der Waals surface area contributed by atoms with Crippen LogP contribution in [0.1, 0.15) is 29.6 Å². The first-order chi connectivity index (χ1) is 8.15. The molecule has 1 aromatic carbocycles. The molecule has 0 aromatic heterocycles. The summed E-state index contributed by atoms with van der Waals surface area (Å²) in [6.07, 6.45) is 1.77. The number of carbonyl (C=O) groups excluding carboxylic acids is 1. The molecule has 0 saturated carbocycles. The van der Waals surface area contributed by atoms with Gasteiger partial charge in [-0.1, -0.05) is 0 Å². The first-order valence-electron chi connectivity index (χ1n) is 5.25. The largest absolute Gasteiger partial charge is 0.352 e. The number of amides is 1. The minimum absolute atomic E-state index is 0.174. The van der Waals surface area contributed by atoms with Gasteiger partial charge in [-0.25, -0.2) is 8.78 Å². The molecule has 3 nitrogen and oxygen atoms in total. The number of carbonyl (C=O) groups is 1. The van der Waals surface area contributed by atoms with Crippen molar-refractivity contribution in [2.75, 3.05) is 6.54 Å². The van der Waals surface area contributed by atoms with E-state index in [2.05, 4.69) is 5.32 Å². The first-order valence-corrected chi connectivity index (χ1v) is 5.25. The SMILES string of the molecule is N#CCCCCNC(=O)c1ccc(F)cc1F. The second-order valence-electron chi connectivity index (χ2n) is 3.50. The molecule has 0 spiro atoms. The lowest BCUT2D eigenvalue weighted by Crippen LogP contribution is -2.25. The standard InChI is InChI=1S/C12H12F2N2O/c13-9-4-5-10(11(14)8-9)12(17)16-7-3-1-2-6-15/h4-5,8H,1-3,7H2,(H,16,17). The average Bonchev–Trinajstić information content (AvgIpc) is 2.28. The predicted molar refractivity (Wildman–Crippen MR) is 58.2 cm³/mol. The zero-order valence-corrected chi connectivity index (χ0v) is 9.17. The monoisotopic (exact) mass is 238 g/mol. The summed E-state index contributed by atoms with van der Waals surface area (Å²) in [5, 5.41) is 10.8. The summed E-state index contributed by atoms with van der Waals surface area (Å²) in [6.45, 7) is 0.372. The topological polar surface area (TPSA) is 52.9 Å². The summed E-state index contributed by atoms with van der Waals surface area (Å²) >= 11 is 0. The molecule has 90 valence electrons. The molecule has 0 saturated heterocycles. The summed E-state index contributed by atoms with van der Waals surface area (Å²) in [5.41, 5.74) is -0.174. The minimum Gasteiger partial charge on any atom is -0.352 e. The van der Waals surface area contributed by atoms with E-state index in [9.17, 15) is 13.6 Å². The molecule has 1 rings (SSSR count). The van der Waals surface area contributed by atoms with E-state index in [1.807, 2.05) is 6.07 Å². The molecule has 0 aliphatic rings. The van der Waals surface area contributed by atoms with Crippen molar-refractivity contribution in [3.63, 3.8) is 0 Å². The Morgan fingerprint density at radius 3 is 2.76 bits per heavy atom. The summed E-state index contributed by atoms with van der Waals surface area (Å²) in [6, 6.07) is 4.80. The van der Waals surface area contributed by atoms with Crippen LogP contribution in [-0.4, -0.2) is 12.5 Å². The normalized spacial score (nSPS) is 9.71. The van der Waals surface area contributed by atoms with E-state index < -0.39 is 17.5 Å². The molecule has 1 N–H and O–H groups in total. The predicted octanol–water partition coefficient (Wildman–Crippen LogP) is 2.39. The zero-order valence-electron chi connectivity index (χ0n) is 9.17. The second kappa shape index (κ2) is 6.59. The molecule has 0 bridgehead atoms. The van der Waals surface area contributed by atoms with Crippen molar-refractivity contribution in [1.82, 2.24) is 5.32 Å². The first kappa shape index (κ1) is 13.1. The van der Waals surface area contributed by atoms with Crippen molar-refractivity contribution in [2.45, 2.75) is 19.3 Å². The van der Waals surface area contributed by atoms with Crippen molar-refractivity contribution >= 4 is 5.91 Å². The number of unbranched alkanes of at least 4 members (excludes halogenated alkanes) is 2. The lowest BCUT2D eigenvalue weighted by atomic mass is 10.2. The van der Waals surface area contributed by atoms with Crippen LogP contribution >= 0.6 is 0 Å². The van der Waals surface area contributed by atoms with Crippen LogP contribution < -0.4 is 5.32 Å². The van der Waals surface area contributed by atoms with Crippen LogP contribution in [0.2, 0.25) is 0 Å². The number of halogens is 2. The van der Waals surface area contributed by atoms with Gasteiger partial charge >= 0.3 is 0 Å². The molecule has 1 aromatic rings. The van der Waals surface area contributed by atoms with Gasteiger partial charge in [0, 0.05) is 19.0 Å². The van der Waals surface area contributed by atoms with Crippen molar-refractivity contribution < 1.29 is 13.6 Å². The maximum Gasteiger partial charge on any atom is 0.254 e. The fourth-order valence-corrected chi connectivity index (χ4v) is 1.30. The second-order valence-corrected chi connectivity index (χ2v) is 3.50. The Labute approximate surface area is 98.1 Å². The van der Waals surface area contributed by atoms with Gasteiger partial charge in [0.2, 0.25) is 0 Å². The number of rotatable bonds is 5. The average molecular weight is 238 g/mol. The van der Waals surface area contributed by atoms with E-state index in [0.717, 1.165) is 12.1 Å². The van der Waals surface area contributed by atoms with E-state index in [4.69, 9.17) is 5.26 Å². The summed E-state index contributed by atoms with van der Waals surface area (Å²) in [4.78, 5) is 11.5. The zero-order chi connectivity index (χ0) is 12.7. The number of hydrogen-bond donors (Lipinski definition) is 1. The lowest BCUT2D eigenvalue weighted by molar-refractivity contribution is 0.0949. The van der Waals surface area contributed by atoms with E-state index >= 15 is 0 Å². The van der Waals surface area contributed by atoms with Crippen LogP contribution in [-0.2, 0) is 0 Å². The van der Waals surface area contributed by atoms with E-state index in [0.29, 0.717) is 31.9 Å². The van der Waals surface area contributed by atoms with E-state index in [-0.39, 0.29) is 5.56 Å². The van der Waals surface area contributed by atoms with Gasteiger partial charge in [-0.15, -0.1) is 0 Å². The number of hydrogen-bond acceptors (Lipinski definition) is 2. The highest BCUT2D eigenvalue weighted by atomic mass is 19.1. The Bertz CT molecular complexity index is 441. The lowest BCUT2D eigenvalue weighted by Gasteiger charge is -2.05. The van der Waals surface area contributed by atoms with Crippen molar-refractivity contribution in [3.8, 4) is 6.07 Å². The van der Waals surface area contributed by atoms with Gasteiger partial charge in [-0.05, 0) is 25.0 Å². The van der Waals surface area contributed by atoms with Crippen molar-refractivity contribution in [1.29, 1.82) is 5.26 Å². The number of nitrogens with zero attached hydrogens (tertiary/aromatic N) is 1. The fraction of sp³-hybridized carbons (Fsp3) is 0.333. The van der Waals surface area contributed by atoms with Gasteiger partial charge in [-0.3, -0.25) is 4.79 Å². The Morgan fingerprint density at radius 2 is 2.12 bits per heavy atom. The van der Waals surface area contributed by atoms with E-state index in [1.165, 1.54) is 0 Å². The van der Waals surface area contributed by atoms with Crippen LogP contribution in [0.4, 0.5) is 8.78 Å². The summed E-state index contributed by atoms with van der Waals surface area (Å²) < 4.78 is 25.8. The van der Waals surface area contributed by atoms with Gasteiger partial charge in [0.1, 0.15) is 11.6 Å². The molecule has 0 aliphatic heterocycles. The fourth-order valence-electron chi connectivity index (χ4n) is 1.30. The Morgan fingerprint density at radius 1 is 1.35 bits per heavy atom. The molecule has 0 radical (unpaired) electrons. The minimum atomic E-state index is -0.875. The smallest absolute Gasteiger partial charge is 0.254 e. The molecular weight excluding hydrogens is 226 g/mol. The highest BCUT2D eigenvalue weighted by molar-refractivity contribution is 5.94. The van der Waals surface area contributed by atoms with Crippen LogP contribution in [0.25, 0.3) is 0 Å². The molecule has 17 heavy (non-hydrogen) atoms. The maximum atomic E-state index is 13.2. The number of nitriles is 1. The quantitative estimate of drug-likeness (QED) is 0.801. The highest BCUT2D eigenvalue weighted by Crippen LogP contribution is 2.09. The molecule has 1 amide bonds. The third-order valence-corrected chi connectivity index (χ3v) is 2.18. The molecule has 0 heterocycles. The van der Waals surface area contributed by atoms with Crippen LogP contribution in [0.15, 0.2) is 18.2 Å². The Kier molecular flexibility index (Phi) is 5.08. The van der Waals surface area contributed by atoms with Gasteiger partial charge in [0.25, 0.3) is 5.91 Å². The highest BCUT2D eigenvalue weighted by Gasteiger charge is 2.11. The molecule has 0 atom stereocenters. The molecule has 5 heteroatoms. The van der Waals surface area contributed by atoms with E-state index in [1.54, 1.807) is 0 Å². The summed E-state index contributed by atoms with van der Waals surface area (Å²) in [5.74, 6) is -2.16. The Hall–Kier alpha value is -1.96. The van der Waals surface area contributed by atoms with Crippen molar-refractivity contribution in [3.05, 3.63) is 35.4 Å². The molecular formula is C12H12F2N2O. The number of benzene rings is 1. The van der Waals surface area contributed by atoms with Gasteiger partial charge in [-0.2, -0.15) is 5.26 Å². The van der Waals surface area contributed by atoms with Gasteiger partial charge in [0.05, 0.1) is 11.6 Å². The maximum absolute atomic E-state index is 13.2. The van der Waals surface area contributed by atoms with Crippen LogP contribution in [0, 0.1) is 23.0 Å². The molecule has 0 aliphatic carbocycles. The molecule has 0 unspecified atom stereocenters. The number of nitrogens with one attached hydrogen (secondary N) is 1. The van der Waals surface area contributed by atoms with Gasteiger partial charge in [0.15, 0.2) is 0 Å². The van der Waals surface area contributed by atoms with Crippen molar-refractivity contribution in [2.24, 2.45) is 0 Å². The summed E-state index contributed by atoms with van der Waals surface area (Å²) in [7, 11) is 0. The molecule has 0 fully saturated rings. The third kappa shape index (κ3) is 4.19. The van der Waals surface area contributed by atoms with Gasteiger partial charge < -0.3 is 5.32 Å².